The Morgan fingerprint density at radius 2 is 1.65 bits per heavy atom. The number of benzene rings is 2. The molecule has 1 aromatic heterocycles. The number of hydrogen-bond donors (Lipinski definition) is 0. The number of sulfone groups is 1. The summed E-state index contributed by atoms with van der Waals surface area (Å²) < 4.78 is 94.0. The summed E-state index contributed by atoms with van der Waals surface area (Å²) in [5.41, 5.74) is 0.192. The number of likely N-dealkylation sites (N-methyl/N-ethyl adjacent to an activating group) is 1. The average Bonchev–Trinajstić information content (AvgIpc) is 3.18. The van der Waals surface area contributed by atoms with Gasteiger partial charge < -0.3 is 9.57 Å². The van der Waals surface area contributed by atoms with Crippen LogP contribution in [0.2, 0.25) is 0 Å². The molecule has 34 heavy (non-hydrogen) atoms. The molecule has 0 amide bonds. The van der Waals surface area contributed by atoms with E-state index in [1.54, 1.807) is 0 Å². The van der Waals surface area contributed by atoms with Crippen LogP contribution < -0.4 is 4.74 Å². The molecule has 14 heteroatoms. The van der Waals surface area contributed by atoms with Crippen LogP contribution in [0.15, 0.2) is 64.5 Å². The molecule has 2 aromatic carbocycles. The lowest BCUT2D eigenvalue weighted by molar-refractivity contribution is -0.234. The van der Waals surface area contributed by atoms with Crippen molar-refractivity contribution in [2.45, 2.75) is 16.0 Å². The van der Waals surface area contributed by atoms with E-state index in [1.165, 1.54) is 54.7 Å². The van der Waals surface area contributed by atoms with Crippen molar-refractivity contribution in [1.82, 2.24) is 9.04 Å². The molecule has 0 spiro atoms. The van der Waals surface area contributed by atoms with Crippen LogP contribution in [0, 0.1) is 0 Å². The highest BCUT2D eigenvalue weighted by molar-refractivity contribution is 7.93. The minimum Gasteiger partial charge on any atom is -0.491 e. The van der Waals surface area contributed by atoms with Crippen molar-refractivity contribution in [3.8, 4) is 5.75 Å². The first-order chi connectivity index (χ1) is 15.7. The van der Waals surface area contributed by atoms with E-state index in [2.05, 4.69) is 4.84 Å². The molecule has 0 unspecified atom stereocenters. The zero-order valence-electron chi connectivity index (χ0n) is 17.8. The lowest BCUT2D eigenvalue weighted by atomic mass is 10.2. The molecule has 0 aliphatic carbocycles. The van der Waals surface area contributed by atoms with Gasteiger partial charge in [0.05, 0.1) is 17.0 Å². The van der Waals surface area contributed by atoms with Crippen LogP contribution in [0.5, 0.6) is 5.75 Å². The van der Waals surface area contributed by atoms with Gasteiger partial charge in [-0.3, -0.25) is 0 Å². The number of halogens is 3. The van der Waals surface area contributed by atoms with Crippen LogP contribution in [0.4, 0.5) is 13.2 Å². The number of hydroxylamine groups is 2. The highest BCUT2D eigenvalue weighted by Crippen LogP contribution is 2.31. The number of ether oxygens (including phenoxy) is 1. The number of fused-ring (bicyclic) bond motifs is 1. The van der Waals surface area contributed by atoms with Crippen molar-refractivity contribution in [2.75, 3.05) is 26.5 Å². The normalized spacial score (nSPS) is 12.8. The van der Waals surface area contributed by atoms with Crippen LogP contribution in [-0.4, -0.2) is 64.5 Å². The number of rotatable bonds is 8. The van der Waals surface area contributed by atoms with Gasteiger partial charge >= 0.3 is 12.1 Å². The molecule has 9 nitrogen and oxygen atoms in total. The molecule has 0 saturated carbocycles. The highest BCUT2D eigenvalue weighted by atomic mass is 32.2. The van der Waals surface area contributed by atoms with Crippen molar-refractivity contribution in [2.24, 2.45) is 0 Å². The molecule has 0 N–H and O–H groups in total. The number of nitrogens with zero attached hydrogens (tertiary/aromatic N) is 2. The molecule has 0 aliphatic heterocycles. The maximum Gasteiger partial charge on any atom is 0.492 e. The molecular weight excluding hydrogens is 501 g/mol. The van der Waals surface area contributed by atoms with E-state index in [-0.39, 0.29) is 29.3 Å². The first-order valence-electron chi connectivity index (χ1n) is 9.50. The lowest BCUT2D eigenvalue weighted by Gasteiger charge is -2.17. The van der Waals surface area contributed by atoms with Crippen molar-refractivity contribution in [3.63, 3.8) is 0 Å². The van der Waals surface area contributed by atoms with Gasteiger partial charge in [0.15, 0.2) is 9.84 Å². The van der Waals surface area contributed by atoms with Crippen LogP contribution in [0.3, 0.4) is 0 Å². The summed E-state index contributed by atoms with van der Waals surface area (Å²) in [5.74, 6) is -2.15. The van der Waals surface area contributed by atoms with Gasteiger partial charge in [-0.25, -0.2) is 25.6 Å². The minimum absolute atomic E-state index is 0.185. The largest absolute Gasteiger partial charge is 0.492 e. The summed E-state index contributed by atoms with van der Waals surface area (Å²) in [4.78, 5) is 14.2. The zero-order chi connectivity index (χ0) is 25.3. The summed E-state index contributed by atoms with van der Waals surface area (Å²) in [6.07, 6.45) is -2.99. The van der Waals surface area contributed by atoms with Crippen molar-refractivity contribution in [3.05, 3.63) is 54.7 Å². The Labute approximate surface area is 193 Å². The van der Waals surface area contributed by atoms with E-state index in [9.17, 15) is 34.8 Å². The monoisotopic (exact) mass is 520 g/mol. The fourth-order valence-corrected chi connectivity index (χ4v) is 6.00. The van der Waals surface area contributed by atoms with Crippen LogP contribution >= 0.6 is 0 Å². The fourth-order valence-electron chi connectivity index (χ4n) is 3.05. The van der Waals surface area contributed by atoms with Crippen molar-refractivity contribution in [1.29, 1.82) is 0 Å². The molecule has 0 atom stereocenters. The van der Waals surface area contributed by atoms with Gasteiger partial charge in [0.25, 0.3) is 10.0 Å². The topological polar surface area (TPSA) is 112 Å². The fraction of sp³-hybridized carbons (Fsp3) is 0.250. The standard InChI is InChI=1S/C20H19F3N2O7S2/c1-24(32-19(26)20(21,22)23)12-13-31-16-7-5-6-15-14(16)10-11-25(15)34(29,30)18-9-4-3-8-17(18)33(2,27)28/h3-11H,12-13H2,1-2H3. The second kappa shape index (κ2) is 9.27. The molecule has 184 valence electrons. The lowest BCUT2D eigenvalue weighted by Crippen LogP contribution is -2.34. The second-order valence-corrected chi connectivity index (χ2v) is 10.9. The van der Waals surface area contributed by atoms with Gasteiger partial charge in [-0.15, -0.1) is 5.06 Å². The van der Waals surface area contributed by atoms with Crippen LogP contribution in [-0.2, 0) is 29.5 Å². The number of aromatic nitrogens is 1. The molecule has 1 heterocycles. The third-order valence-corrected chi connectivity index (χ3v) is 7.61. The van der Waals surface area contributed by atoms with E-state index in [1.807, 2.05) is 0 Å². The number of alkyl halides is 3. The molecule has 0 fully saturated rings. The second-order valence-electron chi connectivity index (χ2n) is 7.10. The van der Waals surface area contributed by atoms with Gasteiger partial charge in [-0.1, -0.05) is 18.2 Å². The molecule has 0 radical (unpaired) electrons. The molecule has 0 aliphatic rings. The zero-order valence-corrected chi connectivity index (χ0v) is 19.4. The molecule has 0 bridgehead atoms. The molecule has 3 rings (SSSR count). The Kier molecular flexibility index (Phi) is 6.96. The van der Waals surface area contributed by atoms with Crippen molar-refractivity contribution >= 4 is 36.7 Å². The van der Waals surface area contributed by atoms with E-state index in [4.69, 9.17) is 4.74 Å². The van der Waals surface area contributed by atoms with E-state index < -0.39 is 36.9 Å². The molecule has 0 saturated heterocycles. The number of hydrogen-bond acceptors (Lipinski definition) is 8. The van der Waals surface area contributed by atoms with Gasteiger partial charge in [-0.2, -0.15) is 13.2 Å². The summed E-state index contributed by atoms with van der Waals surface area (Å²) in [6, 6.07) is 11.2. The predicted octanol–water partition coefficient (Wildman–Crippen LogP) is 2.61. The Morgan fingerprint density at radius 1 is 1.00 bits per heavy atom. The summed E-state index contributed by atoms with van der Waals surface area (Å²) in [5, 5.41) is 1.02. The summed E-state index contributed by atoms with van der Waals surface area (Å²) >= 11 is 0. The highest BCUT2D eigenvalue weighted by Gasteiger charge is 2.42. The van der Waals surface area contributed by atoms with E-state index in [0.29, 0.717) is 10.4 Å². The summed E-state index contributed by atoms with van der Waals surface area (Å²) in [7, 11) is -7.02. The van der Waals surface area contributed by atoms with Gasteiger partial charge in [0.1, 0.15) is 17.3 Å². The maximum atomic E-state index is 13.3. The van der Waals surface area contributed by atoms with Crippen LogP contribution in [0.25, 0.3) is 10.9 Å². The Hall–Kier alpha value is -3.10. The predicted molar refractivity (Wildman–Crippen MR) is 114 cm³/mol. The first-order valence-corrected chi connectivity index (χ1v) is 12.8. The smallest absolute Gasteiger partial charge is 0.491 e. The van der Waals surface area contributed by atoms with Crippen molar-refractivity contribution < 1.29 is 44.4 Å². The van der Waals surface area contributed by atoms with Gasteiger partial charge in [0.2, 0.25) is 0 Å². The average molecular weight is 521 g/mol. The summed E-state index contributed by atoms with van der Waals surface area (Å²) in [6.45, 7) is -0.394. The van der Waals surface area contributed by atoms with Gasteiger partial charge in [-0.05, 0) is 30.3 Å². The van der Waals surface area contributed by atoms with Gasteiger partial charge in [0, 0.05) is 24.9 Å². The third kappa shape index (κ3) is 5.34. The van der Waals surface area contributed by atoms with E-state index in [0.717, 1.165) is 17.3 Å². The number of carbonyl (C=O) groups excluding carboxylic acids is 1. The Balaban J connectivity index is 1.85. The molecular formula is C20H19F3N2O7S2. The van der Waals surface area contributed by atoms with E-state index >= 15 is 0 Å². The molecule has 3 aromatic rings. The maximum absolute atomic E-state index is 13.3. The SMILES string of the molecule is CN(CCOc1cccc2c1ccn2S(=O)(=O)c1ccccc1S(C)(=O)=O)OC(=O)C(F)(F)F. The Morgan fingerprint density at radius 3 is 2.26 bits per heavy atom. The van der Waals surface area contributed by atoms with Crippen LogP contribution in [0.1, 0.15) is 0 Å². The Bertz CT molecular complexity index is 1430. The third-order valence-electron chi connectivity index (χ3n) is 4.58. The first kappa shape index (κ1) is 25.5. The quantitative estimate of drug-likeness (QED) is 0.417. The number of carbonyl (C=O) groups is 1. The minimum atomic E-state index is -5.13.